The van der Waals surface area contributed by atoms with Crippen LogP contribution < -0.4 is 4.74 Å². The Balaban J connectivity index is 1.61. The van der Waals surface area contributed by atoms with Gasteiger partial charge in [0.15, 0.2) is 10.9 Å². The van der Waals surface area contributed by atoms with E-state index in [-0.39, 0.29) is 28.2 Å². The third-order valence-electron chi connectivity index (χ3n) is 5.13. The van der Waals surface area contributed by atoms with E-state index in [1.165, 1.54) is 12.1 Å². The Bertz CT molecular complexity index is 1360. The first-order valence-corrected chi connectivity index (χ1v) is 12.5. The zero-order valence-electron chi connectivity index (χ0n) is 18.7. The fourth-order valence-corrected chi connectivity index (χ4v) is 5.31. The zero-order chi connectivity index (χ0) is 25.8. The SMILES string of the molecule is Cc1nnc(S[C@@H](C[N+](=O)[O-])c2cc(Cl)c(OCc3ccc(Cl)cc3)c(Cl)c2)n1-c1ccc(F)cc1. The van der Waals surface area contributed by atoms with Gasteiger partial charge in [-0.15, -0.1) is 10.2 Å². The molecular formula is C24H18Cl3FN4O3S. The van der Waals surface area contributed by atoms with E-state index in [0.717, 1.165) is 17.3 Å². The first kappa shape index (κ1) is 26.2. The number of hydrogen-bond acceptors (Lipinski definition) is 6. The number of rotatable bonds is 9. The number of halogens is 4. The number of benzene rings is 3. The number of ether oxygens (including phenoxy) is 1. The Morgan fingerprint density at radius 2 is 1.69 bits per heavy atom. The van der Waals surface area contributed by atoms with Gasteiger partial charge in [-0.2, -0.15) is 0 Å². The van der Waals surface area contributed by atoms with Gasteiger partial charge in [0.05, 0.1) is 10.0 Å². The minimum Gasteiger partial charge on any atom is -0.486 e. The molecular weight excluding hydrogens is 550 g/mol. The lowest BCUT2D eigenvalue weighted by Crippen LogP contribution is -2.11. The van der Waals surface area contributed by atoms with Gasteiger partial charge >= 0.3 is 0 Å². The summed E-state index contributed by atoms with van der Waals surface area (Å²) in [5.74, 6) is 0.436. The quantitative estimate of drug-likeness (QED) is 0.119. The van der Waals surface area contributed by atoms with Crippen LogP contribution in [0.2, 0.25) is 15.1 Å². The summed E-state index contributed by atoms with van der Waals surface area (Å²) in [6, 6.07) is 16.1. The number of nitrogens with zero attached hydrogens (tertiary/aromatic N) is 4. The van der Waals surface area contributed by atoms with Gasteiger partial charge in [0, 0.05) is 15.6 Å². The monoisotopic (exact) mass is 566 g/mol. The third-order valence-corrected chi connectivity index (χ3v) is 7.13. The lowest BCUT2D eigenvalue weighted by molar-refractivity contribution is -0.479. The first-order valence-electron chi connectivity index (χ1n) is 10.5. The van der Waals surface area contributed by atoms with E-state index in [9.17, 15) is 14.5 Å². The summed E-state index contributed by atoms with van der Waals surface area (Å²) in [6.45, 7) is 1.53. The second kappa shape index (κ2) is 11.5. The van der Waals surface area contributed by atoms with Crippen LogP contribution >= 0.6 is 46.6 Å². The summed E-state index contributed by atoms with van der Waals surface area (Å²) in [7, 11) is 0. The Morgan fingerprint density at radius 3 is 2.31 bits per heavy atom. The highest BCUT2D eigenvalue weighted by molar-refractivity contribution is 7.99. The standard InChI is InChI=1S/C24H18Cl3FN4O3S/c1-14-29-30-24(32(14)19-8-6-18(28)7-9-19)36-22(12-31(33)34)16-10-20(26)23(21(27)11-16)35-13-15-2-4-17(25)5-3-15/h2-11,22H,12-13H2,1H3/t22-/m0/s1. The Morgan fingerprint density at radius 1 is 1.06 bits per heavy atom. The van der Waals surface area contributed by atoms with E-state index < -0.39 is 16.7 Å². The van der Waals surface area contributed by atoms with E-state index >= 15 is 0 Å². The van der Waals surface area contributed by atoms with Crippen molar-refractivity contribution in [2.45, 2.75) is 23.9 Å². The van der Waals surface area contributed by atoms with Crippen molar-refractivity contribution in [3.05, 3.63) is 109 Å². The molecule has 186 valence electrons. The zero-order valence-corrected chi connectivity index (χ0v) is 21.8. The van der Waals surface area contributed by atoms with Crippen LogP contribution in [-0.2, 0) is 6.61 Å². The van der Waals surface area contributed by atoms with Crippen LogP contribution in [0.15, 0.2) is 65.8 Å². The normalized spacial score (nSPS) is 11.9. The predicted octanol–water partition coefficient (Wildman–Crippen LogP) is 7.36. The largest absolute Gasteiger partial charge is 0.486 e. The van der Waals surface area contributed by atoms with Crippen molar-refractivity contribution in [3.63, 3.8) is 0 Å². The Kier molecular flexibility index (Phi) is 8.35. The second-order valence-corrected chi connectivity index (χ2v) is 10.1. The number of aryl methyl sites for hydroxylation is 1. The number of hydrogen-bond donors (Lipinski definition) is 0. The van der Waals surface area contributed by atoms with Crippen LogP contribution in [0.3, 0.4) is 0 Å². The Labute approximate surface area is 225 Å². The highest BCUT2D eigenvalue weighted by Crippen LogP contribution is 2.42. The third kappa shape index (κ3) is 6.28. The van der Waals surface area contributed by atoms with Crippen molar-refractivity contribution in [3.8, 4) is 11.4 Å². The van der Waals surface area contributed by atoms with Crippen LogP contribution in [-0.4, -0.2) is 26.2 Å². The summed E-state index contributed by atoms with van der Waals surface area (Å²) in [5.41, 5.74) is 2.02. The molecule has 3 aromatic carbocycles. The summed E-state index contributed by atoms with van der Waals surface area (Å²) in [4.78, 5) is 11.1. The van der Waals surface area contributed by atoms with E-state index in [0.29, 0.717) is 27.3 Å². The molecule has 4 rings (SSSR count). The minimum absolute atomic E-state index is 0.211. The maximum Gasteiger partial charge on any atom is 0.220 e. The molecule has 1 atom stereocenters. The number of thioether (sulfide) groups is 1. The van der Waals surface area contributed by atoms with Crippen molar-refractivity contribution < 1.29 is 14.1 Å². The van der Waals surface area contributed by atoms with Gasteiger partial charge in [-0.3, -0.25) is 14.7 Å². The fraction of sp³-hybridized carbons (Fsp3) is 0.167. The first-order chi connectivity index (χ1) is 17.2. The van der Waals surface area contributed by atoms with Crippen molar-refractivity contribution in [2.24, 2.45) is 0 Å². The van der Waals surface area contributed by atoms with Gasteiger partial charge < -0.3 is 4.74 Å². The molecule has 0 aliphatic carbocycles. The maximum absolute atomic E-state index is 13.4. The molecule has 12 heteroatoms. The molecule has 0 aliphatic heterocycles. The molecule has 1 heterocycles. The molecule has 0 saturated heterocycles. The summed E-state index contributed by atoms with van der Waals surface area (Å²) in [5, 5.41) is 20.5. The Hall–Kier alpha value is -2.85. The van der Waals surface area contributed by atoms with Crippen molar-refractivity contribution in [1.82, 2.24) is 14.8 Å². The smallest absolute Gasteiger partial charge is 0.220 e. The molecule has 0 amide bonds. The van der Waals surface area contributed by atoms with Crippen LogP contribution in [0, 0.1) is 22.9 Å². The van der Waals surface area contributed by atoms with Gasteiger partial charge in [0.25, 0.3) is 0 Å². The molecule has 0 fully saturated rings. The average Bonchev–Trinajstić information content (AvgIpc) is 3.19. The molecule has 7 nitrogen and oxygen atoms in total. The maximum atomic E-state index is 13.4. The molecule has 0 aliphatic rings. The lowest BCUT2D eigenvalue weighted by Gasteiger charge is -2.17. The number of nitro groups is 1. The molecule has 0 radical (unpaired) electrons. The van der Waals surface area contributed by atoms with Crippen LogP contribution in [0.1, 0.15) is 22.2 Å². The van der Waals surface area contributed by atoms with Gasteiger partial charge in [0.1, 0.15) is 23.5 Å². The van der Waals surface area contributed by atoms with E-state index in [4.69, 9.17) is 39.5 Å². The predicted molar refractivity (Wildman–Crippen MR) is 139 cm³/mol. The molecule has 1 aromatic heterocycles. The van der Waals surface area contributed by atoms with Gasteiger partial charge in [-0.25, -0.2) is 4.39 Å². The van der Waals surface area contributed by atoms with E-state index in [1.54, 1.807) is 47.9 Å². The molecule has 0 saturated carbocycles. The molecule has 4 aromatic rings. The van der Waals surface area contributed by atoms with E-state index in [1.807, 2.05) is 12.1 Å². The summed E-state index contributed by atoms with van der Waals surface area (Å²) in [6.07, 6.45) is 0. The van der Waals surface area contributed by atoms with Crippen molar-refractivity contribution in [2.75, 3.05) is 6.54 Å². The highest BCUT2D eigenvalue weighted by atomic mass is 35.5. The van der Waals surface area contributed by atoms with Crippen LogP contribution in [0.5, 0.6) is 5.75 Å². The van der Waals surface area contributed by atoms with Crippen LogP contribution in [0.4, 0.5) is 4.39 Å². The van der Waals surface area contributed by atoms with Gasteiger partial charge in [-0.05, 0) is 66.6 Å². The van der Waals surface area contributed by atoms with Crippen LogP contribution in [0.25, 0.3) is 5.69 Å². The van der Waals surface area contributed by atoms with Crippen molar-refractivity contribution >= 4 is 46.6 Å². The fourth-order valence-electron chi connectivity index (χ4n) is 3.42. The van der Waals surface area contributed by atoms with Crippen molar-refractivity contribution in [1.29, 1.82) is 0 Å². The van der Waals surface area contributed by atoms with E-state index in [2.05, 4.69) is 10.2 Å². The summed E-state index contributed by atoms with van der Waals surface area (Å²) >= 11 is 20.0. The number of aromatic nitrogens is 3. The molecule has 0 spiro atoms. The second-order valence-electron chi connectivity index (χ2n) is 7.69. The highest BCUT2D eigenvalue weighted by Gasteiger charge is 2.26. The molecule has 0 unspecified atom stereocenters. The van der Waals surface area contributed by atoms with Gasteiger partial charge in [0.2, 0.25) is 6.54 Å². The molecule has 0 bridgehead atoms. The lowest BCUT2D eigenvalue weighted by atomic mass is 10.1. The minimum atomic E-state index is -0.692. The van der Waals surface area contributed by atoms with Gasteiger partial charge in [-0.1, -0.05) is 58.7 Å². The molecule has 36 heavy (non-hydrogen) atoms. The molecule has 0 N–H and O–H groups in total. The topological polar surface area (TPSA) is 83.1 Å². The summed E-state index contributed by atoms with van der Waals surface area (Å²) < 4.78 is 20.9. The average molecular weight is 568 g/mol.